The summed E-state index contributed by atoms with van der Waals surface area (Å²) in [4.78, 5) is 2.41. The van der Waals surface area contributed by atoms with Crippen LogP contribution in [-0.4, -0.2) is 35.4 Å². The van der Waals surface area contributed by atoms with Gasteiger partial charge in [-0.05, 0) is 62.9 Å². The van der Waals surface area contributed by atoms with Gasteiger partial charge in [0.25, 0.3) is 0 Å². The van der Waals surface area contributed by atoms with Crippen LogP contribution in [0.1, 0.15) is 48.2 Å². The number of rotatable bonds is 4. The number of hydrogen-bond acceptors (Lipinski definition) is 5. The van der Waals surface area contributed by atoms with Gasteiger partial charge >= 0.3 is 6.18 Å². The summed E-state index contributed by atoms with van der Waals surface area (Å²) in [5.74, 6) is 0.582. The molecule has 2 heterocycles. The van der Waals surface area contributed by atoms with E-state index in [4.69, 9.17) is 0 Å². The van der Waals surface area contributed by atoms with Crippen LogP contribution in [0.2, 0.25) is 0 Å². The van der Waals surface area contributed by atoms with E-state index in [-0.39, 0.29) is 17.1 Å². The van der Waals surface area contributed by atoms with E-state index < -0.39 is 11.7 Å². The molecule has 2 N–H and O–H groups in total. The molecule has 0 amide bonds. The van der Waals surface area contributed by atoms with E-state index in [1.807, 2.05) is 13.8 Å². The summed E-state index contributed by atoms with van der Waals surface area (Å²) in [6, 6.07) is 10.3. The number of anilines is 2. The van der Waals surface area contributed by atoms with Gasteiger partial charge in [-0.1, -0.05) is 18.2 Å². The second kappa shape index (κ2) is 7.87. The molecular weight excluding hydrogens is 427 g/mol. The summed E-state index contributed by atoms with van der Waals surface area (Å²) < 4.78 is 40.2. The minimum Gasteiger partial charge on any atom is -0.368 e. The quantitative estimate of drug-likeness (QED) is 0.553. The van der Waals surface area contributed by atoms with Crippen LogP contribution in [0.15, 0.2) is 36.4 Å². The minimum atomic E-state index is -4.38. The summed E-state index contributed by atoms with van der Waals surface area (Å²) in [6.45, 7) is 8.18. The highest BCUT2D eigenvalue weighted by molar-refractivity contribution is 5.95. The van der Waals surface area contributed by atoms with Crippen LogP contribution in [0, 0.1) is 13.8 Å². The Balaban J connectivity index is 1.49. The molecule has 1 saturated heterocycles. The van der Waals surface area contributed by atoms with Gasteiger partial charge in [-0.3, -0.25) is 0 Å². The van der Waals surface area contributed by atoms with Gasteiger partial charge in [0.15, 0.2) is 5.82 Å². The second-order valence-electron chi connectivity index (χ2n) is 9.38. The van der Waals surface area contributed by atoms with Crippen molar-refractivity contribution < 1.29 is 13.2 Å². The largest absolute Gasteiger partial charge is 0.416 e. The number of benzene rings is 2. The zero-order valence-electron chi connectivity index (χ0n) is 19.1. The Bertz CT molecular complexity index is 1200. The highest BCUT2D eigenvalue weighted by Gasteiger charge is 2.45. The van der Waals surface area contributed by atoms with Gasteiger partial charge in [0.2, 0.25) is 0 Å². The number of nitrogens with zero attached hydrogens (tertiary/aromatic N) is 3. The fourth-order valence-electron chi connectivity index (χ4n) is 4.95. The minimum absolute atomic E-state index is 0.227. The maximum Gasteiger partial charge on any atom is 0.416 e. The monoisotopic (exact) mass is 455 g/mol. The molecule has 1 aliphatic carbocycles. The molecule has 1 unspecified atom stereocenters. The van der Waals surface area contributed by atoms with Crippen molar-refractivity contribution in [2.24, 2.45) is 0 Å². The molecule has 2 fully saturated rings. The maximum absolute atomic E-state index is 13.4. The van der Waals surface area contributed by atoms with Crippen LogP contribution in [0.4, 0.5) is 24.7 Å². The molecular formula is C25H28F3N5. The van der Waals surface area contributed by atoms with Crippen molar-refractivity contribution >= 4 is 22.3 Å². The number of nitrogens with one attached hydrogen (secondary N) is 2. The Kier molecular flexibility index (Phi) is 5.23. The summed E-state index contributed by atoms with van der Waals surface area (Å²) in [5.41, 5.74) is 2.43. The van der Waals surface area contributed by atoms with Gasteiger partial charge in [-0.15, -0.1) is 5.10 Å². The molecule has 0 bridgehead atoms. The van der Waals surface area contributed by atoms with Crippen molar-refractivity contribution in [1.29, 1.82) is 0 Å². The Labute approximate surface area is 191 Å². The fraction of sp³-hybridized carbons (Fsp3) is 0.440. The lowest BCUT2D eigenvalue weighted by atomic mass is 9.97. The van der Waals surface area contributed by atoms with E-state index in [0.29, 0.717) is 11.4 Å². The van der Waals surface area contributed by atoms with Crippen LogP contribution in [0.3, 0.4) is 0 Å². The number of aromatic nitrogens is 2. The standard InChI is InChI=1S/C25H28F3N5/c1-15-19(5-4-6-22(15)25(26,27)28)16(2)30-23-21-13-18(7-8-20(21)17(3)31-32-23)33-12-11-29-24(14-33)9-10-24/h4-8,13,16,29H,9-12,14H2,1-3H3,(H,30,32). The van der Waals surface area contributed by atoms with E-state index in [2.05, 4.69) is 43.9 Å². The Morgan fingerprint density at radius 1 is 1.09 bits per heavy atom. The highest BCUT2D eigenvalue weighted by Crippen LogP contribution is 2.40. The molecule has 5 rings (SSSR count). The number of aryl methyl sites for hydroxylation is 1. The van der Waals surface area contributed by atoms with Gasteiger partial charge < -0.3 is 15.5 Å². The van der Waals surface area contributed by atoms with Crippen molar-refractivity contribution in [3.8, 4) is 0 Å². The van der Waals surface area contributed by atoms with Crippen LogP contribution in [0.25, 0.3) is 10.8 Å². The van der Waals surface area contributed by atoms with E-state index in [1.54, 1.807) is 6.07 Å². The molecule has 1 aromatic heterocycles. The molecule has 1 aliphatic heterocycles. The smallest absolute Gasteiger partial charge is 0.368 e. The van der Waals surface area contributed by atoms with E-state index in [0.717, 1.165) is 47.9 Å². The molecule has 5 nitrogen and oxygen atoms in total. The summed E-state index contributed by atoms with van der Waals surface area (Å²) in [5, 5.41) is 17.6. The number of alkyl halides is 3. The van der Waals surface area contributed by atoms with Crippen molar-refractivity contribution in [2.75, 3.05) is 29.9 Å². The fourth-order valence-corrected chi connectivity index (χ4v) is 4.95. The van der Waals surface area contributed by atoms with Crippen LogP contribution < -0.4 is 15.5 Å². The average molecular weight is 456 g/mol. The Morgan fingerprint density at radius 2 is 1.88 bits per heavy atom. The number of piperazine rings is 1. The second-order valence-corrected chi connectivity index (χ2v) is 9.38. The summed E-state index contributed by atoms with van der Waals surface area (Å²) in [6.07, 6.45) is -1.96. The first-order chi connectivity index (χ1) is 15.7. The van der Waals surface area contributed by atoms with Crippen molar-refractivity contribution in [3.63, 3.8) is 0 Å². The van der Waals surface area contributed by atoms with Gasteiger partial charge in [-0.2, -0.15) is 18.3 Å². The molecule has 3 aromatic rings. The Hall–Kier alpha value is -2.87. The van der Waals surface area contributed by atoms with Crippen LogP contribution >= 0.6 is 0 Å². The lowest BCUT2D eigenvalue weighted by molar-refractivity contribution is -0.138. The average Bonchev–Trinajstić information content (AvgIpc) is 3.52. The van der Waals surface area contributed by atoms with Crippen molar-refractivity contribution in [2.45, 2.75) is 51.4 Å². The molecule has 1 atom stereocenters. The zero-order chi connectivity index (χ0) is 23.4. The molecule has 1 spiro atoms. The maximum atomic E-state index is 13.4. The number of halogens is 3. The lowest BCUT2D eigenvalue weighted by Gasteiger charge is -2.36. The predicted octanol–water partition coefficient (Wildman–Crippen LogP) is 5.38. The molecule has 0 radical (unpaired) electrons. The third-order valence-corrected chi connectivity index (χ3v) is 7.04. The number of hydrogen-bond donors (Lipinski definition) is 2. The molecule has 8 heteroatoms. The molecule has 2 aliphatic rings. The van der Waals surface area contributed by atoms with Crippen LogP contribution in [-0.2, 0) is 6.18 Å². The predicted molar refractivity (Wildman–Crippen MR) is 125 cm³/mol. The first-order valence-electron chi connectivity index (χ1n) is 11.4. The van der Waals surface area contributed by atoms with Gasteiger partial charge in [-0.25, -0.2) is 0 Å². The number of fused-ring (bicyclic) bond motifs is 1. The molecule has 33 heavy (non-hydrogen) atoms. The molecule has 174 valence electrons. The molecule has 2 aromatic carbocycles. The van der Waals surface area contributed by atoms with Crippen molar-refractivity contribution in [3.05, 3.63) is 58.8 Å². The first-order valence-corrected chi connectivity index (χ1v) is 11.4. The lowest BCUT2D eigenvalue weighted by Crippen LogP contribution is -2.52. The first kappa shape index (κ1) is 21.9. The molecule has 1 saturated carbocycles. The van der Waals surface area contributed by atoms with Gasteiger partial charge in [0.05, 0.1) is 17.3 Å². The summed E-state index contributed by atoms with van der Waals surface area (Å²) in [7, 11) is 0. The van der Waals surface area contributed by atoms with E-state index >= 15 is 0 Å². The zero-order valence-corrected chi connectivity index (χ0v) is 19.1. The normalized spacial score (nSPS) is 18.5. The summed E-state index contributed by atoms with van der Waals surface area (Å²) >= 11 is 0. The van der Waals surface area contributed by atoms with Crippen molar-refractivity contribution in [1.82, 2.24) is 15.5 Å². The third-order valence-electron chi connectivity index (χ3n) is 7.04. The van der Waals surface area contributed by atoms with E-state index in [9.17, 15) is 13.2 Å². The third kappa shape index (κ3) is 4.12. The SMILES string of the molecule is Cc1c(C(C)Nc2nnc(C)c3ccc(N4CCNC5(CC5)C4)cc23)cccc1C(F)(F)F. The van der Waals surface area contributed by atoms with Gasteiger partial charge in [0, 0.05) is 41.6 Å². The van der Waals surface area contributed by atoms with Gasteiger partial charge in [0.1, 0.15) is 0 Å². The van der Waals surface area contributed by atoms with E-state index in [1.165, 1.54) is 25.8 Å². The van der Waals surface area contributed by atoms with Crippen LogP contribution in [0.5, 0.6) is 0 Å². The Morgan fingerprint density at radius 3 is 2.61 bits per heavy atom. The topological polar surface area (TPSA) is 53.1 Å². The highest BCUT2D eigenvalue weighted by atomic mass is 19.4.